The van der Waals surface area contributed by atoms with E-state index in [4.69, 9.17) is 4.52 Å². The third-order valence-electron chi connectivity index (χ3n) is 3.60. The first-order chi connectivity index (χ1) is 11.1. The normalized spacial score (nSPS) is 12.5. The first-order valence-electron chi connectivity index (χ1n) is 7.27. The number of hydrogen-bond donors (Lipinski definition) is 1. The van der Waals surface area contributed by atoms with Gasteiger partial charge in [-0.1, -0.05) is 32.4 Å². The lowest BCUT2D eigenvalue weighted by Gasteiger charge is -2.04. The summed E-state index contributed by atoms with van der Waals surface area (Å²) < 4.78 is 8.07. The summed E-state index contributed by atoms with van der Waals surface area (Å²) in [5.74, 6) is 1.04. The number of halogens is 1. The van der Waals surface area contributed by atoms with E-state index in [1.165, 1.54) is 0 Å². The molecular formula is C15H17BrN6O. The van der Waals surface area contributed by atoms with Crippen LogP contribution in [0.4, 0.5) is 0 Å². The van der Waals surface area contributed by atoms with Crippen molar-refractivity contribution in [1.29, 1.82) is 0 Å². The summed E-state index contributed by atoms with van der Waals surface area (Å²) in [6.45, 7) is 3.99. The fourth-order valence-electron chi connectivity index (χ4n) is 2.19. The summed E-state index contributed by atoms with van der Waals surface area (Å²) >= 11 is 3.46. The van der Waals surface area contributed by atoms with E-state index in [2.05, 4.69) is 48.6 Å². The highest BCUT2D eigenvalue weighted by Gasteiger charge is 2.19. The van der Waals surface area contributed by atoms with E-state index in [-0.39, 0.29) is 6.04 Å². The second kappa shape index (κ2) is 6.59. The van der Waals surface area contributed by atoms with Gasteiger partial charge in [0.25, 0.3) is 5.89 Å². The average molecular weight is 377 g/mol. The summed E-state index contributed by atoms with van der Waals surface area (Å²) in [5.41, 5.74) is 2.36. The van der Waals surface area contributed by atoms with Crippen molar-refractivity contribution in [3.63, 3.8) is 0 Å². The van der Waals surface area contributed by atoms with E-state index in [1.807, 2.05) is 38.2 Å². The predicted octanol–water partition coefficient (Wildman–Crippen LogP) is 2.54. The van der Waals surface area contributed by atoms with Crippen LogP contribution in [0.5, 0.6) is 0 Å². The molecule has 0 aliphatic carbocycles. The molecule has 0 radical (unpaired) electrons. The lowest BCUT2D eigenvalue weighted by Crippen LogP contribution is -2.24. The summed E-state index contributed by atoms with van der Waals surface area (Å²) in [6.07, 6.45) is 0.693. The Morgan fingerprint density at radius 3 is 2.96 bits per heavy atom. The quantitative estimate of drug-likeness (QED) is 0.736. The standard InChI is InChI=1S/C15H17BrN6O/c1-9(17-3)7-13-18-15(23-20-13)14-10(2)22(21-19-14)12-6-4-5-11(16)8-12/h4-6,8-9,17H,7H2,1-3H3. The van der Waals surface area contributed by atoms with E-state index in [0.29, 0.717) is 23.8 Å². The van der Waals surface area contributed by atoms with E-state index >= 15 is 0 Å². The third-order valence-corrected chi connectivity index (χ3v) is 4.09. The molecule has 1 aromatic carbocycles. The number of likely N-dealkylation sites (N-methyl/N-ethyl adjacent to an activating group) is 1. The Kier molecular flexibility index (Phi) is 4.53. The third kappa shape index (κ3) is 3.32. The molecule has 1 atom stereocenters. The Morgan fingerprint density at radius 2 is 2.22 bits per heavy atom. The van der Waals surface area contributed by atoms with Crippen molar-refractivity contribution >= 4 is 15.9 Å². The van der Waals surface area contributed by atoms with Crippen molar-refractivity contribution in [2.24, 2.45) is 0 Å². The maximum atomic E-state index is 5.34. The number of nitrogens with zero attached hydrogens (tertiary/aromatic N) is 5. The lowest BCUT2D eigenvalue weighted by atomic mass is 10.2. The van der Waals surface area contributed by atoms with Gasteiger partial charge in [0.05, 0.1) is 11.4 Å². The largest absolute Gasteiger partial charge is 0.332 e. The molecule has 0 amide bonds. The van der Waals surface area contributed by atoms with Gasteiger partial charge in [-0.3, -0.25) is 0 Å². The smallest absolute Gasteiger partial charge is 0.280 e. The molecule has 0 aliphatic rings. The minimum absolute atomic E-state index is 0.277. The van der Waals surface area contributed by atoms with Gasteiger partial charge in [-0.15, -0.1) is 5.10 Å². The van der Waals surface area contributed by atoms with Gasteiger partial charge in [-0.2, -0.15) is 4.98 Å². The van der Waals surface area contributed by atoms with Crippen LogP contribution in [-0.4, -0.2) is 38.2 Å². The Balaban J connectivity index is 1.90. The average Bonchev–Trinajstić information content (AvgIpc) is 3.13. The van der Waals surface area contributed by atoms with E-state index in [0.717, 1.165) is 15.9 Å². The van der Waals surface area contributed by atoms with Gasteiger partial charge in [0.2, 0.25) is 0 Å². The second-order valence-electron chi connectivity index (χ2n) is 5.32. The number of aromatic nitrogens is 5. The van der Waals surface area contributed by atoms with Crippen molar-refractivity contribution in [2.45, 2.75) is 26.3 Å². The van der Waals surface area contributed by atoms with Crippen LogP contribution >= 0.6 is 15.9 Å². The molecule has 8 heteroatoms. The summed E-state index contributed by atoms with van der Waals surface area (Å²) in [6, 6.07) is 8.12. The van der Waals surface area contributed by atoms with Crippen LogP contribution in [-0.2, 0) is 6.42 Å². The van der Waals surface area contributed by atoms with Crippen molar-refractivity contribution in [3.8, 4) is 17.3 Å². The van der Waals surface area contributed by atoms with Gasteiger partial charge >= 0.3 is 0 Å². The zero-order valence-corrected chi connectivity index (χ0v) is 14.7. The molecule has 0 aliphatic heterocycles. The van der Waals surface area contributed by atoms with Crippen molar-refractivity contribution in [1.82, 2.24) is 30.5 Å². The maximum absolute atomic E-state index is 5.34. The molecule has 23 heavy (non-hydrogen) atoms. The van der Waals surface area contributed by atoms with Crippen LogP contribution in [0.25, 0.3) is 17.3 Å². The van der Waals surface area contributed by atoms with Crippen LogP contribution in [0.3, 0.4) is 0 Å². The molecule has 0 fully saturated rings. The van der Waals surface area contributed by atoms with Gasteiger partial charge in [0.15, 0.2) is 11.5 Å². The molecule has 7 nitrogen and oxygen atoms in total. The molecular weight excluding hydrogens is 360 g/mol. The van der Waals surface area contributed by atoms with E-state index in [9.17, 15) is 0 Å². The van der Waals surface area contributed by atoms with Crippen molar-refractivity contribution < 1.29 is 4.52 Å². The molecule has 0 spiro atoms. The molecule has 120 valence electrons. The van der Waals surface area contributed by atoms with Crippen molar-refractivity contribution in [3.05, 3.63) is 40.3 Å². The highest BCUT2D eigenvalue weighted by molar-refractivity contribution is 9.10. The number of benzene rings is 1. The Morgan fingerprint density at radius 1 is 1.39 bits per heavy atom. The van der Waals surface area contributed by atoms with Gasteiger partial charge in [-0.05, 0) is 39.1 Å². The van der Waals surface area contributed by atoms with Crippen LogP contribution in [0.1, 0.15) is 18.4 Å². The molecule has 1 N–H and O–H groups in total. The Bertz CT molecular complexity index is 812. The fraction of sp³-hybridized carbons (Fsp3) is 0.333. The van der Waals surface area contributed by atoms with Gasteiger partial charge < -0.3 is 9.84 Å². The summed E-state index contributed by atoms with van der Waals surface area (Å²) in [5, 5.41) is 15.5. The highest BCUT2D eigenvalue weighted by atomic mass is 79.9. The second-order valence-corrected chi connectivity index (χ2v) is 6.24. The zero-order chi connectivity index (χ0) is 16.4. The molecule has 1 unspecified atom stereocenters. The molecule has 3 aromatic rings. The topological polar surface area (TPSA) is 81.7 Å². The zero-order valence-electron chi connectivity index (χ0n) is 13.1. The number of rotatable bonds is 5. The first kappa shape index (κ1) is 15.8. The fourth-order valence-corrected chi connectivity index (χ4v) is 2.58. The number of hydrogen-bond acceptors (Lipinski definition) is 6. The molecule has 2 aromatic heterocycles. The van der Waals surface area contributed by atoms with Gasteiger partial charge in [0.1, 0.15) is 0 Å². The Labute approximate surface area is 142 Å². The highest BCUT2D eigenvalue weighted by Crippen LogP contribution is 2.22. The lowest BCUT2D eigenvalue weighted by molar-refractivity contribution is 0.417. The Hall–Kier alpha value is -2.06. The predicted molar refractivity (Wildman–Crippen MR) is 89.3 cm³/mol. The van der Waals surface area contributed by atoms with E-state index < -0.39 is 0 Å². The van der Waals surface area contributed by atoms with Crippen molar-refractivity contribution in [2.75, 3.05) is 7.05 Å². The van der Waals surface area contributed by atoms with Gasteiger partial charge in [0, 0.05) is 16.9 Å². The monoisotopic (exact) mass is 376 g/mol. The molecule has 0 bridgehead atoms. The maximum Gasteiger partial charge on any atom is 0.280 e. The molecule has 0 saturated heterocycles. The first-order valence-corrected chi connectivity index (χ1v) is 8.06. The minimum atomic E-state index is 0.277. The number of nitrogens with one attached hydrogen (secondary N) is 1. The minimum Gasteiger partial charge on any atom is -0.332 e. The SMILES string of the molecule is CNC(C)Cc1noc(-c2nnn(-c3cccc(Br)c3)c2C)n1. The molecule has 3 rings (SSSR count). The summed E-state index contributed by atoms with van der Waals surface area (Å²) in [7, 11) is 1.90. The van der Waals surface area contributed by atoms with Crippen LogP contribution in [0, 0.1) is 6.92 Å². The molecule has 0 saturated carbocycles. The van der Waals surface area contributed by atoms with E-state index in [1.54, 1.807) is 4.68 Å². The van der Waals surface area contributed by atoms with Crippen LogP contribution in [0.15, 0.2) is 33.3 Å². The van der Waals surface area contributed by atoms with Crippen LogP contribution < -0.4 is 5.32 Å². The molecule has 2 heterocycles. The summed E-state index contributed by atoms with van der Waals surface area (Å²) in [4.78, 5) is 4.41. The van der Waals surface area contributed by atoms with Crippen LogP contribution in [0.2, 0.25) is 0 Å². The van der Waals surface area contributed by atoms with Gasteiger partial charge in [-0.25, -0.2) is 4.68 Å².